The van der Waals surface area contributed by atoms with Crippen molar-refractivity contribution in [1.82, 2.24) is 0 Å². The SMILES string of the molecule is CC(C)(c1ccccc1)c1ccc(C=Nc2ccccc2)c(O)c1C(C)(C)c1ccccc1. The van der Waals surface area contributed by atoms with E-state index in [4.69, 9.17) is 0 Å². The average Bonchev–Trinajstić information content (AvgIpc) is 2.84. The summed E-state index contributed by atoms with van der Waals surface area (Å²) in [7, 11) is 0. The fourth-order valence-corrected chi connectivity index (χ4v) is 4.53. The maximum Gasteiger partial charge on any atom is 0.128 e. The van der Waals surface area contributed by atoms with Crippen molar-refractivity contribution in [3.63, 3.8) is 0 Å². The van der Waals surface area contributed by atoms with E-state index in [2.05, 4.69) is 87.3 Å². The third kappa shape index (κ3) is 4.47. The number of aromatic hydroxyl groups is 1. The number of phenolic OH excluding ortho intramolecular Hbond substituents is 1. The normalized spacial score (nSPS) is 12.2. The molecule has 0 atom stereocenters. The molecule has 33 heavy (non-hydrogen) atoms. The van der Waals surface area contributed by atoms with Gasteiger partial charge in [-0.25, -0.2) is 0 Å². The molecule has 1 N–H and O–H groups in total. The number of hydrogen-bond donors (Lipinski definition) is 1. The summed E-state index contributed by atoms with van der Waals surface area (Å²) in [5.74, 6) is 0.282. The first-order valence-corrected chi connectivity index (χ1v) is 11.4. The first-order valence-electron chi connectivity index (χ1n) is 11.4. The van der Waals surface area contributed by atoms with Crippen LogP contribution in [0.2, 0.25) is 0 Å². The van der Waals surface area contributed by atoms with Crippen molar-refractivity contribution in [2.45, 2.75) is 38.5 Å². The van der Waals surface area contributed by atoms with Crippen LogP contribution in [0.25, 0.3) is 0 Å². The molecule has 0 unspecified atom stereocenters. The molecule has 0 fully saturated rings. The second kappa shape index (κ2) is 9.07. The molecule has 0 radical (unpaired) electrons. The predicted molar refractivity (Wildman–Crippen MR) is 139 cm³/mol. The zero-order chi connectivity index (χ0) is 23.5. The van der Waals surface area contributed by atoms with E-state index < -0.39 is 5.41 Å². The standard InChI is InChI=1S/C31H31NO/c1-30(2,24-14-8-5-9-15-24)27-21-20-23(22-32-26-18-12-7-13-19-26)29(33)28(27)31(3,4)25-16-10-6-11-17-25/h5-22,33H,1-4H3. The topological polar surface area (TPSA) is 32.6 Å². The molecule has 0 aromatic heterocycles. The maximum atomic E-state index is 11.7. The van der Waals surface area contributed by atoms with Gasteiger partial charge in [0.1, 0.15) is 5.75 Å². The van der Waals surface area contributed by atoms with E-state index >= 15 is 0 Å². The predicted octanol–water partition coefficient (Wildman–Crippen LogP) is 7.79. The fourth-order valence-electron chi connectivity index (χ4n) is 4.53. The second-order valence-electron chi connectivity index (χ2n) is 9.50. The van der Waals surface area contributed by atoms with Gasteiger partial charge in [-0.3, -0.25) is 4.99 Å². The quantitative estimate of drug-likeness (QED) is 0.309. The summed E-state index contributed by atoms with van der Waals surface area (Å²) in [6, 6.07) is 34.8. The number of phenols is 1. The first kappa shape index (κ1) is 22.5. The minimum Gasteiger partial charge on any atom is -0.507 e. The lowest BCUT2D eigenvalue weighted by atomic mass is 9.67. The van der Waals surface area contributed by atoms with Crippen LogP contribution in [0.5, 0.6) is 5.75 Å². The van der Waals surface area contributed by atoms with E-state index in [0.717, 1.165) is 22.4 Å². The van der Waals surface area contributed by atoms with Crippen molar-refractivity contribution in [1.29, 1.82) is 0 Å². The van der Waals surface area contributed by atoms with Crippen molar-refractivity contribution >= 4 is 11.9 Å². The molecule has 4 rings (SSSR count). The fraction of sp³-hybridized carbons (Fsp3) is 0.194. The molecule has 2 nitrogen and oxygen atoms in total. The Morgan fingerprint density at radius 2 is 1.09 bits per heavy atom. The maximum absolute atomic E-state index is 11.7. The zero-order valence-electron chi connectivity index (χ0n) is 19.8. The van der Waals surface area contributed by atoms with Crippen LogP contribution in [0.3, 0.4) is 0 Å². The average molecular weight is 434 g/mol. The van der Waals surface area contributed by atoms with Crippen LogP contribution in [0.15, 0.2) is 108 Å². The van der Waals surface area contributed by atoms with Crippen molar-refractivity contribution in [3.05, 3.63) is 131 Å². The molecule has 4 aromatic carbocycles. The molecule has 0 saturated heterocycles. The number of nitrogens with zero attached hydrogens (tertiary/aromatic N) is 1. The van der Waals surface area contributed by atoms with Crippen LogP contribution in [-0.4, -0.2) is 11.3 Å². The van der Waals surface area contributed by atoms with E-state index in [0.29, 0.717) is 5.56 Å². The Labute approximate surface area is 197 Å². The lowest BCUT2D eigenvalue weighted by Crippen LogP contribution is -2.28. The summed E-state index contributed by atoms with van der Waals surface area (Å²) >= 11 is 0. The van der Waals surface area contributed by atoms with E-state index in [1.54, 1.807) is 6.21 Å². The van der Waals surface area contributed by atoms with Gasteiger partial charge in [0.2, 0.25) is 0 Å². The number of para-hydroxylation sites is 1. The van der Waals surface area contributed by atoms with Crippen LogP contribution in [0, 0.1) is 0 Å². The highest BCUT2D eigenvalue weighted by Crippen LogP contribution is 2.46. The molecular weight excluding hydrogens is 402 g/mol. The van der Waals surface area contributed by atoms with Gasteiger partial charge in [0.05, 0.1) is 5.69 Å². The second-order valence-corrected chi connectivity index (χ2v) is 9.50. The van der Waals surface area contributed by atoms with Gasteiger partial charge in [-0.05, 0) is 34.9 Å². The first-order chi connectivity index (χ1) is 15.8. The number of benzene rings is 4. The van der Waals surface area contributed by atoms with E-state index in [1.807, 2.05) is 48.5 Å². The van der Waals surface area contributed by atoms with Gasteiger partial charge in [-0.2, -0.15) is 0 Å². The van der Waals surface area contributed by atoms with E-state index in [1.165, 1.54) is 5.56 Å². The van der Waals surface area contributed by atoms with Crippen LogP contribution in [0.4, 0.5) is 5.69 Å². The molecule has 0 heterocycles. The molecule has 0 spiro atoms. The Bertz CT molecular complexity index is 1240. The third-order valence-electron chi connectivity index (χ3n) is 6.61. The Morgan fingerprint density at radius 3 is 1.64 bits per heavy atom. The van der Waals surface area contributed by atoms with Gasteiger partial charge in [0.25, 0.3) is 0 Å². The summed E-state index contributed by atoms with van der Waals surface area (Å²) in [6.45, 7) is 8.80. The summed E-state index contributed by atoms with van der Waals surface area (Å²) < 4.78 is 0. The molecule has 0 aliphatic carbocycles. The van der Waals surface area contributed by atoms with Crippen LogP contribution in [-0.2, 0) is 10.8 Å². The highest BCUT2D eigenvalue weighted by Gasteiger charge is 2.36. The van der Waals surface area contributed by atoms with Gasteiger partial charge >= 0.3 is 0 Å². The molecule has 0 amide bonds. The van der Waals surface area contributed by atoms with Crippen molar-refractivity contribution < 1.29 is 5.11 Å². The Balaban J connectivity index is 1.92. The smallest absolute Gasteiger partial charge is 0.128 e. The van der Waals surface area contributed by atoms with Gasteiger partial charge in [-0.15, -0.1) is 0 Å². The lowest BCUT2D eigenvalue weighted by molar-refractivity contribution is 0.445. The molecule has 0 aliphatic rings. The van der Waals surface area contributed by atoms with Crippen molar-refractivity contribution in [2.24, 2.45) is 4.99 Å². The van der Waals surface area contributed by atoms with Crippen LogP contribution in [0.1, 0.15) is 55.5 Å². The molecule has 0 saturated carbocycles. The molecule has 0 bridgehead atoms. The zero-order valence-corrected chi connectivity index (χ0v) is 19.8. The highest BCUT2D eigenvalue weighted by atomic mass is 16.3. The number of aliphatic imine (C=N–C) groups is 1. The van der Waals surface area contributed by atoms with Gasteiger partial charge in [-0.1, -0.05) is 113 Å². The summed E-state index contributed by atoms with van der Waals surface area (Å²) in [5.41, 5.74) is 5.26. The number of rotatable bonds is 6. The van der Waals surface area contributed by atoms with Gasteiger partial charge in [0, 0.05) is 28.2 Å². The number of hydrogen-bond acceptors (Lipinski definition) is 2. The molecular formula is C31H31NO. The van der Waals surface area contributed by atoms with E-state index in [-0.39, 0.29) is 11.2 Å². The van der Waals surface area contributed by atoms with E-state index in [9.17, 15) is 5.11 Å². The Hall–Kier alpha value is -3.65. The monoisotopic (exact) mass is 433 g/mol. The summed E-state index contributed by atoms with van der Waals surface area (Å²) in [6.07, 6.45) is 1.76. The lowest BCUT2D eigenvalue weighted by Gasteiger charge is -2.36. The van der Waals surface area contributed by atoms with Crippen molar-refractivity contribution in [2.75, 3.05) is 0 Å². The summed E-state index contributed by atoms with van der Waals surface area (Å²) in [4.78, 5) is 4.60. The molecule has 0 aliphatic heterocycles. The largest absolute Gasteiger partial charge is 0.507 e. The summed E-state index contributed by atoms with van der Waals surface area (Å²) in [5, 5.41) is 11.7. The third-order valence-corrected chi connectivity index (χ3v) is 6.61. The molecule has 2 heteroatoms. The van der Waals surface area contributed by atoms with Crippen LogP contribution < -0.4 is 0 Å². The Kier molecular flexibility index (Phi) is 6.20. The van der Waals surface area contributed by atoms with Crippen molar-refractivity contribution in [3.8, 4) is 5.75 Å². The van der Waals surface area contributed by atoms with Gasteiger partial charge < -0.3 is 5.11 Å². The minimum absolute atomic E-state index is 0.282. The minimum atomic E-state index is -0.413. The Morgan fingerprint density at radius 1 is 0.606 bits per heavy atom. The highest BCUT2D eigenvalue weighted by molar-refractivity contribution is 5.87. The van der Waals surface area contributed by atoms with Gasteiger partial charge in [0.15, 0.2) is 0 Å². The molecule has 166 valence electrons. The van der Waals surface area contributed by atoms with Crippen LogP contribution >= 0.6 is 0 Å². The molecule has 4 aromatic rings.